The number of anilines is 3. The Balaban J connectivity index is 0.867. The van der Waals surface area contributed by atoms with Crippen molar-refractivity contribution in [2.75, 3.05) is 4.90 Å². The van der Waals surface area contributed by atoms with E-state index in [1.54, 1.807) is 0 Å². The summed E-state index contributed by atoms with van der Waals surface area (Å²) in [6.07, 6.45) is 22.0. The summed E-state index contributed by atoms with van der Waals surface area (Å²) in [6.45, 7) is 0. The molecular weight excluding hydrogens is 871 g/mol. The average molecular weight is 920 g/mol. The van der Waals surface area contributed by atoms with Crippen molar-refractivity contribution in [2.24, 2.45) is 0 Å². The lowest BCUT2D eigenvalue weighted by molar-refractivity contribution is 0.955. The lowest BCUT2D eigenvalue weighted by atomic mass is 9.90. The van der Waals surface area contributed by atoms with Crippen LogP contribution >= 0.6 is 0 Å². The predicted molar refractivity (Wildman–Crippen MR) is 305 cm³/mol. The predicted octanol–water partition coefficient (Wildman–Crippen LogP) is 18.3. The Morgan fingerprint density at radius 1 is 0.417 bits per heavy atom. The highest BCUT2D eigenvalue weighted by Crippen LogP contribution is 2.45. The lowest BCUT2D eigenvalue weighted by Crippen LogP contribution is -2.10. The fourth-order valence-corrected chi connectivity index (χ4v) is 11.7. The Bertz CT molecular complexity index is 4090. The zero-order chi connectivity index (χ0) is 47.5. The molecule has 11 aromatic rings. The van der Waals surface area contributed by atoms with Crippen molar-refractivity contribution in [2.45, 2.75) is 25.7 Å². The number of hydrogen-bond acceptors (Lipinski definition) is 1. The molecule has 340 valence electrons. The largest absolute Gasteiger partial charge is 0.310 e. The third kappa shape index (κ3) is 6.97. The molecule has 3 heteroatoms. The minimum atomic E-state index is 1.05. The molecule has 2 aromatic heterocycles. The quantitative estimate of drug-likeness (QED) is 0.138. The highest BCUT2D eigenvalue weighted by Gasteiger charge is 2.23. The Labute approximate surface area is 420 Å². The summed E-state index contributed by atoms with van der Waals surface area (Å²) in [6, 6.07) is 74.1. The van der Waals surface area contributed by atoms with Gasteiger partial charge in [-0.05, 0) is 178 Å². The summed E-state index contributed by atoms with van der Waals surface area (Å²) >= 11 is 0. The van der Waals surface area contributed by atoms with Gasteiger partial charge in [0.2, 0.25) is 0 Å². The van der Waals surface area contributed by atoms with Gasteiger partial charge in [0, 0.05) is 50.2 Å². The number of fused-ring (bicyclic) bond motifs is 8. The van der Waals surface area contributed by atoms with Crippen molar-refractivity contribution in [1.82, 2.24) is 9.13 Å². The minimum Gasteiger partial charge on any atom is -0.310 e. The highest BCUT2D eigenvalue weighted by molar-refractivity contribution is 6.12. The number of rotatable bonds is 8. The van der Waals surface area contributed by atoms with E-state index in [9.17, 15) is 0 Å². The van der Waals surface area contributed by atoms with Crippen molar-refractivity contribution in [3.8, 4) is 44.8 Å². The number of para-hydroxylation sites is 2. The van der Waals surface area contributed by atoms with Crippen LogP contribution < -0.4 is 4.90 Å². The molecule has 9 aromatic carbocycles. The summed E-state index contributed by atoms with van der Waals surface area (Å²) in [5, 5.41) is 4.89. The smallest absolute Gasteiger partial charge is 0.0544 e. The van der Waals surface area contributed by atoms with Gasteiger partial charge in [-0.2, -0.15) is 0 Å². The van der Waals surface area contributed by atoms with Gasteiger partial charge >= 0.3 is 0 Å². The SMILES string of the molecule is C1=CC=Cc2c(c3c(n2-c2ccc(-c4ccc(N(c5ccc(-c6cccc7c6C=CCC7)cc5)c5ccc(-c6ccc7c(c6)c6ccccc6n7-c6ccccc6)c6ccccc56)cc4)cc2)C=CCC3)C=1. The summed E-state index contributed by atoms with van der Waals surface area (Å²) in [5.41, 5.74) is 26.6. The number of allylic oxidation sites excluding steroid dienone is 4. The molecule has 3 aliphatic rings. The molecule has 72 heavy (non-hydrogen) atoms. The first-order valence-corrected chi connectivity index (χ1v) is 25.3. The normalized spacial score (nSPS) is 13.4. The molecule has 0 saturated carbocycles. The molecule has 3 aliphatic carbocycles. The topological polar surface area (TPSA) is 13.1 Å². The van der Waals surface area contributed by atoms with Crippen LogP contribution in [-0.4, -0.2) is 9.13 Å². The number of aromatic nitrogens is 2. The molecule has 0 radical (unpaired) electrons. The van der Waals surface area contributed by atoms with Gasteiger partial charge in [-0.1, -0.05) is 152 Å². The average Bonchev–Trinajstić information content (AvgIpc) is 3.83. The molecule has 0 bridgehead atoms. The molecular formula is C69H49N3. The van der Waals surface area contributed by atoms with Gasteiger partial charge < -0.3 is 14.0 Å². The second kappa shape index (κ2) is 17.4. The molecule has 14 rings (SSSR count). The molecule has 2 heterocycles. The fraction of sp³-hybridized carbons (Fsp3) is 0.0580. The maximum atomic E-state index is 3.35. The molecule has 3 nitrogen and oxygen atoms in total. The van der Waals surface area contributed by atoms with E-state index in [2.05, 4.69) is 262 Å². The van der Waals surface area contributed by atoms with Gasteiger partial charge in [0.05, 0.1) is 22.4 Å². The molecule has 0 atom stereocenters. The standard InChI is InChI=1S/C69H49N3/c1-3-18-52(19-4-1)71-67-29-14-12-25-63(67)64-46-51(36-44-69(64)71)58-43-45-68(60-23-10-9-21-59(58)60)70(54-41-34-50(35-42-54)57-26-15-17-49-16-7-8-20-56(49)57)53-37-30-47(31-38-53)48-32-39-55(40-33-48)72-65-27-6-2-5-22-61(65)62-24-11-13-28-66(62)72/h1-4,6,8-10,12-15,17-23,25-46H,7,11,16,24H2. The van der Waals surface area contributed by atoms with Crippen molar-refractivity contribution >= 4 is 73.9 Å². The van der Waals surface area contributed by atoms with Crippen LogP contribution in [0.4, 0.5) is 17.1 Å². The number of benzene rings is 9. The Hall–Kier alpha value is -9.14. The highest BCUT2D eigenvalue weighted by atomic mass is 15.1. The van der Waals surface area contributed by atoms with Crippen LogP contribution in [0.3, 0.4) is 0 Å². The third-order valence-electron chi connectivity index (χ3n) is 15.1. The lowest BCUT2D eigenvalue weighted by Gasteiger charge is -2.28. The molecule has 0 unspecified atom stereocenters. The summed E-state index contributed by atoms with van der Waals surface area (Å²) in [4.78, 5) is 2.44. The van der Waals surface area contributed by atoms with E-state index < -0.39 is 0 Å². The second-order valence-electron chi connectivity index (χ2n) is 19.2. The molecule has 0 spiro atoms. The molecule has 0 N–H and O–H groups in total. The molecule has 0 aliphatic heterocycles. The van der Waals surface area contributed by atoms with Gasteiger partial charge in [-0.3, -0.25) is 0 Å². The van der Waals surface area contributed by atoms with E-state index in [4.69, 9.17) is 0 Å². The monoisotopic (exact) mass is 919 g/mol. The first-order chi connectivity index (χ1) is 35.7. The van der Waals surface area contributed by atoms with Gasteiger partial charge in [-0.25, -0.2) is 0 Å². The van der Waals surface area contributed by atoms with E-state index in [0.717, 1.165) is 54.1 Å². The van der Waals surface area contributed by atoms with E-state index in [1.807, 2.05) is 6.08 Å². The number of nitrogens with zero attached hydrogens (tertiary/aromatic N) is 3. The molecule has 0 fully saturated rings. The van der Waals surface area contributed by atoms with Crippen LogP contribution in [0, 0.1) is 0 Å². The summed E-state index contributed by atoms with van der Waals surface area (Å²) in [7, 11) is 0. The van der Waals surface area contributed by atoms with Crippen LogP contribution in [0.25, 0.3) is 102 Å². The molecule has 0 saturated heterocycles. The van der Waals surface area contributed by atoms with E-state index in [1.165, 1.54) is 99.6 Å². The zero-order valence-electron chi connectivity index (χ0n) is 39.8. The van der Waals surface area contributed by atoms with Gasteiger partial charge in [0.1, 0.15) is 0 Å². The first-order valence-electron chi connectivity index (χ1n) is 25.3. The van der Waals surface area contributed by atoms with E-state index in [0.29, 0.717) is 0 Å². The van der Waals surface area contributed by atoms with Crippen molar-refractivity contribution in [3.63, 3.8) is 0 Å². The van der Waals surface area contributed by atoms with Crippen LogP contribution in [-0.2, 0) is 12.8 Å². The molecule has 0 amide bonds. The van der Waals surface area contributed by atoms with Gasteiger partial charge in [0.25, 0.3) is 0 Å². The first kappa shape index (κ1) is 41.8. The number of hydrogen-bond donors (Lipinski definition) is 0. The van der Waals surface area contributed by atoms with Crippen LogP contribution in [0.2, 0.25) is 0 Å². The number of aryl methyl sites for hydroxylation is 1. The Morgan fingerprint density at radius 2 is 1.08 bits per heavy atom. The Morgan fingerprint density at radius 3 is 1.90 bits per heavy atom. The van der Waals surface area contributed by atoms with Crippen LogP contribution in [0.5, 0.6) is 0 Å². The van der Waals surface area contributed by atoms with E-state index >= 15 is 0 Å². The minimum absolute atomic E-state index is 1.05. The van der Waals surface area contributed by atoms with Crippen molar-refractivity contribution in [1.29, 1.82) is 0 Å². The second-order valence-corrected chi connectivity index (χ2v) is 19.2. The maximum Gasteiger partial charge on any atom is 0.0544 e. The van der Waals surface area contributed by atoms with E-state index in [-0.39, 0.29) is 0 Å². The maximum absolute atomic E-state index is 3.35. The van der Waals surface area contributed by atoms with Gasteiger partial charge in [0.15, 0.2) is 0 Å². The van der Waals surface area contributed by atoms with Crippen molar-refractivity contribution in [3.05, 3.63) is 264 Å². The van der Waals surface area contributed by atoms with Crippen molar-refractivity contribution < 1.29 is 0 Å². The zero-order valence-corrected chi connectivity index (χ0v) is 39.8. The van der Waals surface area contributed by atoms with Crippen LogP contribution in [0.15, 0.2) is 230 Å². The summed E-state index contributed by atoms with van der Waals surface area (Å²) in [5.74, 6) is 0. The Kier molecular flexibility index (Phi) is 10.1. The third-order valence-corrected chi connectivity index (χ3v) is 15.1. The van der Waals surface area contributed by atoms with Gasteiger partial charge in [-0.15, -0.1) is 5.73 Å². The summed E-state index contributed by atoms with van der Waals surface area (Å²) < 4.78 is 4.79. The fourth-order valence-electron chi connectivity index (χ4n) is 11.7. The van der Waals surface area contributed by atoms with Crippen LogP contribution in [0.1, 0.15) is 46.5 Å².